The summed E-state index contributed by atoms with van der Waals surface area (Å²) in [5.74, 6) is -0.151. The highest BCUT2D eigenvalue weighted by Crippen LogP contribution is 2.24. The summed E-state index contributed by atoms with van der Waals surface area (Å²) in [6.07, 6.45) is 3.98. The van der Waals surface area contributed by atoms with E-state index in [0.29, 0.717) is 23.5 Å². The van der Waals surface area contributed by atoms with Crippen molar-refractivity contribution in [1.29, 1.82) is 0 Å². The Morgan fingerprint density at radius 2 is 2.04 bits per heavy atom. The van der Waals surface area contributed by atoms with E-state index in [-0.39, 0.29) is 11.6 Å². The maximum absolute atomic E-state index is 13.9. The number of benzene rings is 1. The van der Waals surface area contributed by atoms with E-state index in [4.69, 9.17) is 0 Å². The highest BCUT2D eigenvalue weighted by Gasteiger charge is 2.22. The summed E-state index contributed by atoms with van der Waals surface area (Å²) in [6, 6.07) is 3.81. The third-order valence-electron chi connectivity index (χ3n) is 3.85. The van der Waals surface area contributed by atoms with E-state index in [0.717, 1.165) is 24.6 Å². The Balaban J connectivity index is 1.82. The van der Waals surface area contributed by atoms with Crippen LogP contribution in [0.2, 0.25) is 0 Å². The largest absolute Gasteiger partial charge is 0.351 e. The van der Waals surface area contributed by atoms with Gasteiger partial charge in [0.2, 0.25) is 5.95 Å². The van der Waals surface area contributed by atoms with Gasteiger partial charge in [-0.2, -0.15) is 0 Å². The molecule has 0 atom stereocenters. The van der Waals surface area contributed by atoms with Gasteiger partial charge < -0.3 is 10.6 Å². The zero-order chi connectivity index (χ0) is 18.0. The summed E-state index contributed by atoms with van der Waals surface area (Å²) in [5.41, 5.74) is 1.56. The quantitative estimate of drug-likeness (QED) is 0.621. The van der Waals surface area contributed by atoms with Gasteiger partial charge in [-0.1, -0.05) is 13.8 Å². The van der Waals surface area contributed by atoms with Crippen molar-refractivity contribution in [2.24, 2.45) is 10.9 Å². The number of amidine groups is 1. The predicted molar refractivity (Wildman–Crippen MR) is 95.3 cm³/mol. The van der Waals surface area contributed by atoms with Crippen LogP contribution in [0.25, 0.3) is 0 Å². The van der Waals surface area contributed by atoms with Gasteiger partial charge in [-0.3, -0.25) is 0 Å². The van der Waals surface area contributed by atoms with E-state index in [2.05, 4.69) is 25.6 Å². The number of anilines is 2. The number of halogens is 2. The molecule has 132 valence electrons. The first-order chi connectivity index (χ1) is 11.9. The number of aryl methyl sites for hydroxylation is 1. The standard InChI is InChI=1S/C18H21F2N5/c1-10(2)17(24-15-7-4-12(19)8-14(15)20)25-16-9-21-18(22-11(16)3)23-13-5-6-13/h4,7-10,13H,5-6H2,1-3H3,(H,24,25)(H,21,22,23). The molecule has 1 fully saturated rings. The molecule has 0 unspecified atom stereocenters. The molecule has 2 N–H and O–H groups in total. The van der Waals surface area contributed by atoms with E-state index in [1.807, 2.05) is 20.8 Å². The molecule has 1 aromatic heterocycles. The molecule has 1 saturated carbocycles. The van der Waals surface area contributed by atoms with Crippen LogP contribution in [0, 0.1) is 24.5 Å². The van der Waals surface area contributed by atoms with Gasteiger partial charge in [-0.25, -0.2) is 23.7 Å². The van der Waals surface area contributed by atoms with Crippen molar-refractivity contribution in [3.05, 3.63) is 41.7 Å². The van der Waals surface area contributed by atoms with Crippen molar-refractivity contribution in [3.63, 3.8) is 0 Å². The minimum absolute atomic E-state index is 0.00752. The molecule has 5 nitrogen and oxygen atoms in total. The van der Waals surface area contributed by atoms with Gasteiger partial charge in [0.15, 0.2) is 5.82 Å². The molecule has 2 aromatic rings. The van der Waals surface area contributed by atoms with Gasteiger partial charge >= 0.3 is 0 Å². The van der Waals surface area contributed by atoms with E-state index in [1.54, 1.807) is 6.20 Å². The topological polar surface area (TPSA) is 62.2 Å². The molecule has 0 saturated heterocycles. The number of rotatable bonds is 5. The zero-order valence-corrected chi connectivity index (χ0v) is 14.5. The summed E-state index contributed by atoms with van der Waals surface area (Å²) in [6.45, 7) is 5.75. The van der Waals surface area contributed by atoms with Gasteiger partial charge in [-0.05, 0) is 31.9 Å². The molecule has 3 rings (SSSR count). The number of aromatic nitrogens is 2. The fraction of sp³-hybridized carbons (Fsp3) is 0.389. The minimum atomic E-state index is -0.697. The average Bonchev–Trinajstić information content (AvgIpc) is 3.35. The Morgan fingerprint density at radius 3 is 2.64 bits per heavy atom. The second-order valence-electron chi connectivity index (χ2n) is 6.48. The van der Waals surface area contributed by atoms with Gasteiger partial charge in [0, 0.05) is 18.0 Å². The first-order valence-corrected chi connectivity index (χ1v) is 8.33. The molecule has 1 heterocycles. The fourth-order valence-corrected chi connectivity index (χ4v) is 2.21. The number of nitrogens with one attached hydrogen (secondary N) is 2. The predicted octanol–water partition coefficient (Wildman–Crippen LogP) is 4.44. The summed E-state index contributed by atoms with van der Waals surface area (Å²) < 4.78 is 26.9. The van der Waals surface area contributed by atoms with Crippen LogP contribution in [0.1, 0.15) is 32.4 Å². The zero-order valence-electron chi connectivity index (χ0n) is 14.5. The Bertz CT molecular complexity index is 800. The van der Waals surface area contributed by atoms with Crippen LogP contribution >= 0.6 is 0 Å². The van der Waals surface area contributed by atoms with Crippen molar-refractivity contribution in [2.75, 3.05) is 10.6 Å². The lowest BCUT2D eigenvalue weighted by Gasteiger charge is -2.15. The van der Waals surface area contributed by atoms with E-state index in [9.17, 15) is 8.78 Å². The van der Waals surface area contributed by atoms with Crippen molar-refractivity contribution in [1.82, 2.24) is 9.97 Å². The summed E-state index contributed by atoms with van der Waals surface area (Å²) in [7, 11) is 0. The van der Waals surface area contributed by atoms with Gasteiger partial charge in [0.05, 0.1) is 17.6 Å². The normalized spacial score (nSPS) is 14.7. The Kier molecular flexibility index (Phi) is 4.92. The lowest BCUT2D eigenvalue weighted by molar-refractivity contribution is 0.584. The molecule has 1 aliphatic rings. The van der Waals surface area contributed by atoms with Crippen LogP contribution in [0.3, 0.4) is 0 Å². The monoisotopic (exact) mass is 345 g/mol. The highest BCUT2D eigenvalue weighted by molar-refractivity contribution is 5.98. The lowest BCUT2D eigenvalue weighted by atomic mass is 10.2. The average molecular weight is 345 g/mol. The summed E-state index contributed by atoms with van der Waals surface area (Å²) in [5, 5.41) is 6.42. The number of nitrogens with zero attached hydrogens (tertiary/aromatic N) is 3. The number of hydrogen-bond donors (Lipinski definition) is 2. The van der Waals surface area contributed by atoms with Crippen LogP contribution in [0.15, 0.2) is 29.4 Å². The first kappa shape index (κ1) is 17.3. The third kappa shape index (κ3) is 4.49. The maximum Gasteiger partial charge on any atom is 0.223 e. The van der Waals surface area contributed by atoms with Crippen molar-refractivity contribution < 1.29 is 8.78 Å². The summed E-state index contributed by atoms with van der Waals surface area (Å²) >= 11 is 0. The molecule has 7 heteroatoms. The fourth-order valence-electron chi connectivity index (χ4n) is 2.21. The lowest BCUT2D eigenvalue weighted by Crippen LogP contribution is -2.20. The van der Waals surface area contributed by atoms with Crippen molar-refractivity contribution >= 4 is 23.2 Å². The molecule has 0 spiro atoms. The van der Waals surface area contributed by atoms with Crippen LogP contribution in [0.5, 0.6) is 0 Å². The Hall–Kier alpha value is -2.57. The third-order valence-corrected chi connectivity index (χ3v) is 3.85. The summed E-state index contributed by atoms with van der Waals surface area (Å²) in [4.78, 5) is 13.1. The first-order valence-electron chi connectivity index (χ1n) is 8.33. The molecule has 1 aromatic carbocycles. The molecule has 0 radical (unpaired) electrons. The Labute approximate surface area is 145 Å². The van der Waals surface area contributed by atoms with Crippen LogP contribution in [-0.2, 0) is 0 Å². The molecule has 1 aliphatic carbocycles. The smallest absolute Gasteiger partial charge is 0.223 e. The minimum Gasteiger partial charge on any atom is -0.351 e. The molecular weight excluding hydrogens is 324 g/mol. The highest BCUT2D eigenvalue weighted by atomic mass is 19.1. The van der Waals surface area contributed by atoms with Gasteiger partial charge in [0.1, 0.15) is 17.3 Å². The van der Waals surface area contributed by atoms with Crippen molar-refractivity contribution in [3.8, 4) is 0 Å². The van der Waals surface area contributed by atoms with Crippen LogP contribution in [0.4, 0.5) is 26.1 Å². The van der Waals surface area contributed by atoms with Gasteiger partial charge in [-0.15, -0.1) is 0 Å². The van der Waals surface area contributed by atoms with Crippen LogP contribution in [-0.4, -0.2) is 21.8 Å². The van der Waals surface area contributed by atoms with E-state index in [1.165, 1.54) is 12.1 Å². The maximum atomic E-state index is 13.9. The number of aliphatic imine (C=N–C) groups is 1. The molecule has 0 amide bonds. The SMILES string of the molecule is Cc1nc(NC2CC2)ncc1NC(=Nc1ccc(F)cc1F)C(C)C. The molecule has 0 bridgehead atoms. The number of hydrogen-bond acceptors (Lipinski definition) is 4. The van der Waals surface area contributed by atoms with E-state index >= 15 is 0 Å². The second-order valence-corrected chi connectivity index (χ2v) is 6.48. The second kappa shape index (κ2) is 7.13. The van der Waals surface area contributed by atoms with Crippen molar-refractivity contribution in [2.45, 2.75) is 39.7 Å². The molecule has 0 aliphatic heterocycles. The Morgan fingerprint density at radius 1 is 1.28 bits per heavy atom. The van der Waals surface area contributed by atoms with E-state index < -0.39 is 11.6 Å². The molecule has 25 heavy (non-hydrogen) atoms. The van der Waals surface area contributed by atoms with Crippen LogP contribution < -0.4 is 10.6 Å². The van der Waals surface area contributed by atoms with Gasteiger partial charge in [0.25, 0.3) is 0 Å². The molecular formula is C18H21F2N5.